The number of halogens is 1. The number of amides is 2. The summed E-state index contributed by atoms with van der Waals surface area (Å²) in [6, 6.07) is 10.6. The van der Waals surface area contributed by atoms with E-state index >= 15 is 0 Å². The van der Waals surface area contributed by atoms with E-state index in [-0.39, 0.29) is 24.2 Å². The molecule has 186 valence electrons. The molecular weight excluding hydrogens is 461 g/mol. The highest BCUT2D eigenvalue weighted by Crippen LogP contribution is 2.43. The first-order valence-corrected chi connectivity index (χ1v) is 12.3. The molecule has 3 aliphatic rings. The smallest absolute Gasteiger partial charge is 0.251 e. The maximum absolute atomic E-state index is 13.7. The molecule has 0 saturated carbocycles. The van der Waals surface area contributed by atoms with Crippen molar-refractivity contribution in [1.29, 1.82) is 0 Å². The number of aliphatic hydroxyl groups excluding tert-OH is 1. The molecule has 2 unspecified atom stereocenters. The van der Waals surface area contributed by atoms with Crippen LogP contribution >= 0.6 is 0 Å². The topological polar surface area (TPSA) is 90.7 Å². The lowest BCUT2D eigenvalue weighted by Crippen LogP contribution is -2.45. The molecule has 8 nitrogen and oxygen atoms in total. The van der Waals surface area contributed by atoms with Gasteiger partial charge < -0.3 is 10.0 Å². The van der Waals surface area contributed by atoms with Crippen LogP contribution in [-0.2, 0) is 41.6 Å². The van der Waals surface area contributed by atoms with E-state index in [1.165, 1.54) is 17.0 Å². The fourth-order valence-corrected chi connectivity index (χ4v) is 5.86. The van der Waals surface area contributed by atoms with Crippen molar-refractivity contribution in [3.63, 3.8) is 0 Å². The highest BCUT2D eigenvalue weighted by Gasteiger charge is 2.55. The van der Waals surface area contributed by atoms with E-state index < -0.39 is 11.9 Å². The van der Waals surface area contributed by atoms with Gasteiger partial charge in [-0.25, -0.2) is 4.39 Å². The molecule has 3 aromatic rings. The van der Waals surface area contributed by atoms with Crippen molar-refractivity contribution >= 4 is 11.8 Å². The maximum atomic E-state index is 13.7. The zero-order chi connectivity index (χ0) is 25.0. The number of aryl methyl sites for hydroxylation is 3. The lowest BCUT2D eigenvalue weighted by molar-refractivity contribution is -0.145. The van der Waals surface area contributed by atoms with Crippen molar-refractivity contribution in [2.75, 3.05) is 13.1 Å². The second-order valence-corrected chi connectivity index (χ2v) is 9.96. The molecule has 0 bridgehead atoms. The molecule has 1 spiro atoms. The number of carbonyl (C=O) groups excluding carboxylic acids is 2. The van der Waals surface area contributed by atoms with Crippen LogP contribution in [0.5, 0.6) is 0 Å². The lowest BCUT2D eigenvalue weighted by atomic mass is 9.90. The third-order valence-electron chi connectivity index (χ3n) is 7.73. The third-order valence-corrected chi connectivity index (χ3v) is 7.73. The molecule has 3 heterocycles. The van der Waals surface area contributed by atoms with Gasteiger partial charge in [0.2, 0.25) is 5.91 Å². The maximum Gasteiger partial charge on any atom is 0.251 e. The summed E-state index contributed by atoms with van der Waals surface area (Å²) in [6.45, 7) is 0.672. The van der Waals surface area contributed by atoms with Crippen LogP contribution in [0.25, 0.3) is 11.1 Å². The van der Waals surface area contributed by atoms with Gasteiger partial charge in [-0.2, -0.15) is 5.10 Å². The number of nitrogens with zero attached hydrogens (tertiary/aromatic N) is 4. The summed E-state index contributed by atoms with van der Waals surface area (Å²) in [7, 11) is 1.87. The van der Waals surface area contributed by atoms with Crippen molar-refractivity contribution in [2.45, 2.75) is 44.1 Å². The molecule has 2 amide bonds. The number of aliphatic hydroxyl groups is 1. The Bertz CT molecular complexity index is 1370. The van der Waals surface area contributed by atoms with Gasteiger partial charge in [0, 0.05) is 31.9 Å². The normalized spacial score (nSPS) is 23.2. The SMILES string of the molecule is Cn1cc(-c2ccc3c(c2)CCC32NC(O)N(CC(=O)N3CCCc4cc(F)ccc4C3)C2=O)cn1. The Morgan fingerprint density at radius 1 is 1.17 bits per heavy atom. The fourth-order valence-electron chi connectivity index (χ4n) is 5.86. The first-order valence-electron chi connectivity index (χ1n) is 12.3. The van der Waals surface area contributed by atoms with Gasteiger partial charge in [-0.05, 0) is 65.6 Å². The largest absolute Gasteiger partial charge is 0.361 e. The number of hydrogen-bond acceptors (Lipinski definition) is 5. The molecule has 2 N–H and O–H groups in total. The number of carbonyl (C=O) groups is 2. The third kappa shape index (κ3) is 3.70. The van der Waals surface area contributed by atoms with Crippen LogP contribution in [0.1, 0.15) is 35.1 Å². The monoisotopic (exact) mass is 489 g/mol. The minimum absolute atomic E-state index is 0.214. The molecular formula is C27H28FN5O3. The van der Waals surface area contributed by atoms with Gasteiger partial charge in [-0.1, -0.05) is 24.3 Å². The van der Waals surface area contributed by atoms with Crippen molar-refractivity contribution < 1.29 is 19.1 Å². The van der Waals surface area contributed by atoms with Crippen LogP contribution in [-0.4, -0.2) is 55.9 Å². The summed E-state index contributed by atoms with van der Waals surface area (Å²) in [5.41, 5.74) is 4.72. The fraction of sp³-hybridized carbons (Fsp3) is 0.370. The van der Waals surface area contributed by atoms with Crippen molar-refractivity contribution in [2.24, 2.45) is 7.05 Å². The molecule has 6 rings (SSSR count). The van der Waals surface area contributed by atoms with E-state index in [1.54, 1.807) is 21.8 Å². The van der Waals surface area contributed by atoms with Crippen molar-refractivity contribution in [1.82, 2.24) is 24.9 Å². The van der Waals surface area contributed by atoms with Gasteiger partial charge in [0.15, 0.2) is 6.35 Å². The molecule has 1 aliphatic carbocycles. The van der Waals surface area contributed by atoms with Gasteiger partial charge in [-0.15, -0.1) is 0 Å². The summed E-state index contributed by atoms with van der Waals surface area (Å²) in [5.74, 6) is -0.794. The highest BCUT2D eigenvalue weighted by atomic mass is 19.1. The standard InChI is InChI=1S/C27H28FN5O3/c1-31-14-21(13-29-31)18-5-7-23-19(11-18)8-9-27(23)25(35)33(26(36)30-27)16-24(34)32-10-2-3-17-12-22(28)6-4-20(17)15-32/h4-7,11-14,26,30,36H,2-3,8-10,15-16H2,1H3. The zero-order valence-corrected chi connectivity index (χ0v) is 20.1. The summed E-state index contributed by atoms with van der Waals surface area (Å²) < 4.78 is 15.4. The number of nitrogens with one attached hydrogen (secondary N) is 1. The predicted molar refractivity (Wildman–Crippen MR) is 130 cm³/mol. The Morgan fingerprint density at radius 2 is 2.03 bits per heavy atom. The second kappa shape index (κ2) is 8.53. The van der Waals surface area contributed by atoms with E-state index in [9.17, 15) is 19.1 Å². The van der Waals surface area contributed by atoms with Crippen LogP contribution in [0, 0.1) is 5.82 Å². The average molecular weight is 490 g/mol. The molecule has 0 radical (unpaired) electrons. The molecule has 2 aliphatic heterocycles. The number of fused-ring (bicyclic) bond motifs is 3. The minimum atomic E-state index is -1.25. The first kappa shape index (κ1) is 22.9. The van der Waals surface area contributed by atoms with E-state index in [4.69, 9.17) is 0 Å². The Balaban J connectivity index is 1.21. The highest BCUT2D eigenvalue weighted by molar-refractivity contribution is 5.94. The Labute approximate surface area is 208 Å². The molecule has 36 heavy (non-hydrogen) atoms. The first-order chi connectivity index (χ1) is 17.3. The number of aromatic nitrogens is 2. The quantitative estimate of drug-likeness (QED) is 0.588. The van der Waals surface area contributed by atoms with E-state index in [2.05, 4.69) is 16.5 Å². The summed E-state index contributed by atoms with van der Waals surface area (Å²) in [5, 5.41) is 18.1. The second-order valence-electron chi connectivity index (χ2n) is 9.96. The summed E-state index contributed by atoms with van der Waals surface area (Å²) in [6.07, 6.45) is 5.12. The van der Waals surface area contributed by atoms with Crippen molar-refractivity contribution in [3.05, 3.63) is 76.9 Å². The molecule has 1 aromatic heterocycles. The van der Waals surface area contributed by atoms with Crippen LogP contribution in [0.15, 0.2) is 48.8 Å². The predicted octanol–water partition coefficient (Wildman–Crippen LogP) is 2.05. The minimum Gasteiger partial charge on any atom is -0.361 e. The number of rotatable bonds is 3. The van der Waals surface area contributed by atoms with Crippen LogP contribution < -0.4 is 5.32 Å². The Kier molecular flexibility index (Phi) is 5.42. The van der Waals surface area contributed by atoms with Gasteiger partial charge in [-0.3, -0.25) is 24.5 Å². The summed E-state index contributed by atoms with van der Waals surface area (Å²) in [4.78, 5) is 29.8. The van der Waals surface area contributed by atoms with Gasteiger partial charge in [0.05, 0.1) is 6.20 Å². The average Bonchev–Trinajstić information content (AvgIpc) is 3.46. The van der Waals surface area contributed by atoms with Crippen LogP contribution in [0.3, 0.4) is 0 Å². The van der Waals surface area contributed by atoms with E-state index in [1.807, 2.05) is 25.4 Å². The molecule has 1 fully saturated rings. The summed E-state index contributed by atoms with van der Waals surface area (Å²) >= 11 is 0. The van der Waals surface area contributed by atoms with Gasteiger partial charge in [0.25, 0.3) is 5.91 Å². The van der Waals surface area contributed by atoms with E-state index in [0.29, 0.717) is 38.8 Å². The molecule has 2 aromatic carbocycles. The molecule has 2 atom stereocenters. The molecule has 9 heteroatoms. The molecule has 1 saturated heterocycles. The van der Waals surface area contributed by atoms with Crippen molar-refractivity contribution in [3.8, 4) is 11.1 Å². The number of hydrogen-bond donors (Lipinski definition) is 2. The van der Waals surface area contributed by atoms with Gasteiger partial charge >= 0.3 is 0 Å². The van der Waals surface area contributed by atoms with Crippen LogP contribution in [0.4, 0.5) is 4.39 Å². The Morgan fingerprint density at radius 3 is 2.83 bits per heavy atom. The van der Waals surface area contributed by atoms with E-state index in [0.717, 1.165) is 33.4 Å². The zero-order valence-electron chi connectivity index (χ0n) is 20.1. The van der Waals surface area contributed by atoms with Gasteiger partial charge in [0.1, 0.15) is 17.9 Å². The Hall–Kier alpha value is -3.56. The van der Waals surface area contributed by atoms with Crippen LogP contribution in [0.2, 0.25) is 0 Å². The lowest BCUT2D eigenvalue weighted by Gasteiger charge is -2.26. The number of benzene rings is 2.